The number of para-hydroxylation sites is 1. The average molecular weight is 300 g/mol. The van der Waals surface area contributed by atoms with E-state index in [0.717, 1.165) is 23.7 Å². The number of benzene rings is 2. The van der Waals surface area contributed by atoms with Gasteiger partial charge in [-0.3, -0.25) is 0 Å². The van der Waals surface area contributed by atoms with Gasteiger partial charge in [-0.05, 0) is 46.7 Å². The zero-order chi connectivity index (χ0) is 14.5. The highest BCUT2D eigenvalue weighted by atomic mass is 35.5. The molecule has 0 amide bonds. The van der Waals surface area contributed by atoms with Gasteiger partial charge in [-0.25, -0.2) is 0 Å². The van der Waals surface area contributed by atoms with E-state index in [4.69, 9.17) is 11.6 Å². The first-order valence-corrected chi connectivity index (χ1v) is 7.03. The van der Waals surface area contributed by atoms with Crippen LogP contribution in [0.25, 0.3) is 5.69 Å². The highest BCUT2D eigenvalue weighted by molar-refractivity contribution is 6.30. The lowest BCUT2D eigenvalue weighted by Crippen LogP contribution is -2.10. The summed E-state index contributed by atoms with van der Waals surface area (Å²) in [6, 6.07) is 17.6. The summed E-state index contributed by atoms with van der Waals surface area (Å²) in [6.45, 7) is 0.745. The minimum Gasteiger partial charge on any atom is -0.352 e. The maximum atomic E-state index is 5.87. The molecule has 0 bridgehead atoms. The summed E-state index contributed by atoms with van der Waals surface area (Å²) >= 11 is 5.87. The zero-order valence-corrected chi connectivity index (χ0v) is 12.0. The topological polar surface area (TPSA) is 55.6 Å². The Hall–Kier alpha value is -2.40. The Labute approximate surface area is 127 Å². The minimum absolute atomic E-state index is 0.634. The molecule has 1 heterocycles. The number of rotatable bonds is 5. The molecule has 0 saturated carbocycles. The molecule has 5 nitrogen and oxygen atoms in total. The van der Waals surface area contributed by atoms with Gasteiger partial charge in [0.2, 0.25) is 5.95 Å². The first kappa shape index (κ1) is 13.6. The largest absolute Gasteiger partial charge is 0.352 e. The van der Waals surface area contributed by atoms with Gasteiger partial charge in [0, 0.05) is 11.6 Å². The molecule has 0 radical (unpaired) electrons. The van der Waals surface area contributed by atoms with E-state index >= 15 is 0 Å². The van der Waals surface area contributed by atoms with Gasteiger partial charge in [0.15, 0.2) is 0 Å². The van der Waals surface area contributed by atoms with Crippen LogP contribution >= 0.6 is 11.6 Å². The summed E-state index contributed by atoms with van der Waals surface area (Å²) in [5.41, 5.74) is 2.14. The van der Waals surface area contributed by atoms with Crippen LogP contribution in [0.2, 0.25) is 5.02 Å². The molecular formula is C15H14ClN5. The molecule has 3 rings (SSSR count). The number of aromatic nitrogens is 4. The van der Waals surface area contributed by atoms with E-state index in [9.17, 15) is 0 Å². The van der Waals surface area contributed by atoms with Gasteiger partial charge in [0.25, 0.3) is 0 Å². The molecule has 0 saturated heterocycles. The molecule has 3 aromatic rings. The monoisotopic (exact) mass is 299 g/mol. The fourth-order valence-electron chi connectivity index (χ4n) is 2.01. The van der Waals surface area contributed by atoms with Crippen LogP contribution in [0.4, 0.5) is 5.95 Å². The zero-order valence-electron chi connectivity index (χ0n) is 11.3. The predicted octanol–water partition coefficient (Wildman–Crippen LogP) is 2.97. The van der Waals surface area contributed by atoms with Crippen molar-refractivity contribution >= 4 is 17.5 Å². The van der Waals surface area contributed by atoms with Crippen LogP contribution in [-0.2, 0) is 6.42 Å². The maximum Gasteiger partial charge on any atom is 0.247 e. The van der Waals surface area contributed by atoms with Gasteiger partial charge in [-0.2, -0.15) is 4.68 Å². The molecule has 0 fully saturated rings. The highest BCUT2D eigenvalue weighted by Gasteiger charge is 2.06. The SMILES string of the molecule is Clc1ccc(CCNc2nnnn2-c2ccccc2)cc1. The molecule has 106 valence electrons. The van der Waals surface area contributed by atoms with Crippen LogP contribution in [-0.4, -0.2) is 26.8 Å². The van der Waals surface area contributed by atoms with Gasteiger partial charge in [-0.15, -0.1) is 0 Å². The van der Waals surface area contributed by atoms with Crippen molar-refractivity contribution in [1.29, 1.82) is 0 Å². The standard InChI is InChI=1S/C15H14ClN5/c16-13-8-6-12(7-9-13)10-11-17-15-18-19-20-21(15)14-4-2-1-3-5-14/h1-9H,10-11H2,(H,17,18,20). The van der Waals surface area contributed by atoms with Gasteiger partial charge >= 0.3 is 0 Å². The Balaban J connectivity index is 1.64. The lowest BCUT2D eigenvalue weighted by Gasteiger charge is -2.07. The van der Waals surface area contributed by atoms with Crippen LogP contribution in [0.1, 0.15) is 5.56 Å². The molecule has 1 N–H and O–H groups in total. The Morgan fingerprint density at radius 3 is 2.52 bits per heavy atom. The molecule has 6 heteroatoms. The van der Waals surface area contributed by atoms with Gasteiger partial charge < -0.3 is 5.32 Å². The Kier molecular flexibility index (Phi) is 4.12. The summed E-state index contributed by atoms with van der Waals surface area (Å²) in [5.74, 6) is 0.634. The first-order chi connectivity index (χ1) is 10.3. The normalized spacial score (nSPS) is 10.5. The first-order valence-electron chi connectivity index (χ1n) is 6.65. The Bertz CT molecular complexity index is 694. The number of hydrogen-bond acceptors (Lipinski definition) is 4. The van der Waals surface area contributed by atoms with Gasteiger partial charge in [0.1, 0.15) is 0 Å². The number of nitrogens with one attached hydrogen (secondary N) is 1. The predicted molar refractivity (Wildman–Crippen MR) is 82.8 cm³/mol. The molecule has 0 aliphatic carbocycles. The second-order valence-corrected chi connectivity index (χ2v) is 4.99. The number of nitrogens with zero attached hydrogens (tertiary/aromatic N) is 4. The molecular weight excluding hydrogens is 286 g/mol. The van der Waals surface area contributed by atoms with Gasteiger partial charge in [-0.1, -0.05) is 47.0 Å². The highest BCUT2D eigenvalue weighted by Crippen LogP contribution is 2.12. The van der Waals surface area contributed by atoms with Crippen LogP contribution in [0.3, 0.4) is 0 Å². The molecule has 0 aliphatic heterocycles. The molecule has 2 aromatic carbocycles. The summed E-state index contributed by atoms with van der Waals surface area (Å²) < 4.78 is 1.68. The smallest absolute Gasteiger partial charge is 0.247 e. The molecule has 0 atom stereocenters. The molecule has 0 unspecified atom stereocenters. The van der Waals surface area contributed by atoms with E-state index in [2.05, 4.69) is 20.8 Å². The Morgan fingerprint density at radius 2 is 1.76 bits per heavy atom. The number of anilines is 1. The van der Waals surface area contributed by atoms with E-state index in [1.807, 2.05) is 54.6 Å². The van der Waals surface area contributed by atoms with Crippen molar-refractivity contribution in [1.82, 2.24) is 20.2 Å². The van der Waals surface area contributed by atoms with E-state index in [1.54, 1.807) is 4.68 Å². The third kappa shape index (κ3) is 3.38. The summed E-state index contributed by atoms with van der Waals surface area (Å²) in [7, 11) is 0. The van der Waals surface area contributed by atoms with E-state index in [-0.39, 0.29) is 0 Å². The van der Waals surface area contributed by atoms with E-state index in [0.29, 0.717) is 5.95 Å². The van der Waals surface area contributed by atoms with E-state index < -0.39 is 0 Å². The van der Waals surface area contributed by atoms with E-state index in [1.165, 1.54) is 5.56 Å². The van der Waals surface area contributed by atoms with Crippen LogP contribution in [0.15, 0.2) is 54.6 Å². The Morgan fingerprint density at radius 1 is 1.00 bits per heavy atom. The number of tetrazole rings is 1. The third-order valence-electron chi connectivity index (χ3n) is 3.08. The molecule has 0 spiro atoms. The summed E-state index contributed by atoms with van der Waals surface area (Å²) in [6.07, 6.45) is 0.874. The average Bonchev–Trinajstić information content (AvgIpc) is 2.99. The van der Waals surface area contributed by atoms with Crippen molar-refractivity contribution in [2.75, 3.05) is 11.9 Å². The van der Waals surface area contributed by atoms with Crippen molar-refractivity contribution < 1.29 is 0 Å². The molecule has 21 heavy (non-hydrogen) atoms. The van der Waals surface area contributed by atoms with Crippen molar-refractivity contribution in [2.24, 2.45) is 0 Å². The summed E-state index contributed by atoms with van der Waals surface area (Å²) in [5, 5.41) is 15.7. The van der Waals surface area contributed by atoms with Crippen LogP contribution in [0, 0.1) is 0 Å². The third-order valence-corrected chi connectivity index (χ3v) is 3.33. The molecule has 0 aliphatic rings. The maximum absolute atomic E-state index is 5.87. The van der Waals surface area contributed by atoms with Crippen molar-refractivity contribution in [3.63, 3.8) is 0 Å². The summed E-state index contributed by atoms with van der Waals surface area (Å²) in [4.78, 5) is 0. The van der Waals surface area contributed by atoms with Crippen molar-refractivity contribution in [2.45, 2.75) is 6.42 Å². The second-order valence-electron chi connectivity index (χ2n) is 4.55. The quantitative estimate of drug-likeness (QED) is 0.787. The minimum atomic E-state index is 0.634. The number of hydrogen-bond donors (Lipinski definition) is 1. The van der Waals surface area contributed by atoms with Gasteiger partial charge in [0.05, 0.1) is 5.69 Å². The lowest BCUT2D eigenvalue weighted by molar-refractivity contribution is 0.789. The lowest BCUT2D eigenvalue weighted by atomic mass is 10.1. The van der Waals surface area contributed by atoms with Crippen LogP contribution in [0.5, 0.6) is 0 Å². The molecule has 1 aromatic heterocycles. The van der Waals surface area contributed by atoms with Crippen molar-refractivity contribution in [3.8, 4) is 5.69 Å². The fraction of sp³-hybridized carbons (Fsp3) is 0.133. The second kappa shape index (κ2) is 6.37. The van der Waals surface area contributed by atoms with Crippen molar-refractivity contribution in [3.05, 3.63) is 65.2 Å². The van der Waals surface area contributed by atoms with Crippen LogP contribution < -0.4 is 5.32 Å². The fourth-order valence-corrected chi connectivity index (χ4v) is 2.14. The number of halogens is 1.